The number of fused-ring (bicyclic) bond motifs is 1. The first-order chi connectivity index (χ1) is 10.7. The molecule has 1 aromatic carbocycles. The van der Waals surface area contributed by atoms with Crippen molar-refractivity contribution in [3.05, 3.63) is 35.4 Å². The fourth-order valence-electron chi connectivity index (χ4n) is 4.04. The van der Waals surface area contributed by atoms with Crippen molar-refractivity contribution in [3.63, 3.8) is 0 Å². The van der Waals surface area contributed by atoms with Crippen molar-refractivity contribution in [2.45, 2.75) is 38.8 Å². The van der Waals surface area contributed by atoms with Crippen LogP contribution in [0.25, 0.3) is 0 Å². The van der Waals surface area contributed by atoms with Gasteiger partial charge in [0.2, 0.25) is 5.91 Å². The molecule has 0 unspecified atom stereocenters. The van der Waals surface area contributed by atoms with E-state index in [0.29, 0.717) is 19.1 Å². The van der Waals surface area contributed by atoms with Gasteiger partial charge in [-0.05, 0) is 36.4 Å². The van der Waals surface area contributed by atoms with E-state index in [1.165, 1.54) is 19.3 Å². The molecule has 2 N–H and O–H groups in total. The molecule has 1 heterocycles. The van der Waals surface area contributed by atoms with E-state index in [9.17, 15) is 4.79 Å². The van der Waals surface area contributed by atoms with E-state index < -0.39 is 0 Å². The number of carbonyl (C=O) groups excluding carboxylic acids is 1. The summed E-state index contributed by atoms with van der Waals surface area (Å²) in [6.45, 7) is 3.05. The topological polar surface area (TPSA) is 50.4 Å². The lowest BCUT2D eigenvalue weighted by atomic mass is 9.67. The Hall–Kier alpha value is -1.39. The molecule has 1 aliphatic heterocycles. The van der Waals surface area contributed by atoms with Gasteiger partial charge in [0.05, 0.1) is 12.0 Å². The molecule has 2 fully saturated rings. The molecule has 0 radical (unpaired) electrons. The van der Waals surface area contributed by atoms with Crippen LogP contribution in [-0.2, 0) is 22.7 Å². The number of ether oxygens (including phenoxy) is 1. The van der Waals surface area contributed by atoms with Crippen LogP contribution in [0.4, 0.5) is 0 Å². The van der Waals surface area contributed by atoms with E-state index in [-0.39, 0.29) is 11.3 Å². The molecule has 0 spiro atoms. The second-order valence-electron chi connectivity index (χ2n) is 6.67. The molecule has 120 valence electrons. The van der Waals surface area contributed by atoms with Gasteiger partial charge in [0.25, 0.3) is 0 Å². The molecule has 0 bridgehead atoms. The van der Waals surface area contributed by atoms with Crippen LogP contribution in [0.5, 0.6) is 0 Å². The van der Waals surface area contributed by atoms with E-state index >= 15 is 0 Å². The predicted octanol–water partition coefficient (Wildman–Crippen LogP) is 2.23. The lowest BCUT2D eigenvalue weighted by molar-refractivity contribution is -0.134. The minimum Gasteiger partial charge on any atom is -0.380 e. The molecule has 22 heavy (non-hydrogen) atoms. The maximum absolute atomic E-state index is 12.8. The molecule has 1 saturated carbocycles. The first kappa shape index (κ1) is 15.5. The average Bonchev–Trinajstić information content (AvgIpc) is 2.98. The Morgan fingerprint density at radius 1 is 1.41 bits per heavy atom. The van der Waals surface area contributed by atoms with Crippen LogP contribution in [-0.4, -0.2) is 26.1 Å². The normalized spacial score (nSPS) is 27.4. The predicted molar refractivity (Wildman–Crippen MR) is 86.3 cm³/mol. The quantitative estimate of drug-likeness (QED) is 0.877. The van der Waals surface area contributed by atoms with Crippen LogP contribution in [0, 0.1) is 11.3 Å². The second kappa shape index (κ2) is 6.80. The summed E-state index contributed by atoms with van der Waals surface area (Å²) in [5.41, 5.74) is 2.12. The van der Waals surface area contributed by atoms with Gasteiger partial charge >= 0.3 is 0 Å². The molecule has 1 aliphatic carbocycles. The lowest BCUT2D eigenvalue weighted by Gasteiger charge is -2.37. The fourth-order valence-corrected chi connectivity index (χ4v) is 4.04. The first-order valence-corrected chi connectivity index (χ1v) is 8.30. The van der Waals surface area contributed by atoms with Gasteiger partial charge in [-0.1, -0.05) is 37.1 Å². The molecule has 2 atom stereocenters. The third-order valence-electron chi connectivity index (χ3n) is 5.25. The first-order valence-electron chi connectivity index (χ1n) is 8.30. The van der Waals surface area contributed by atoms with Gasteiger partial charge in [0.15, 0.2) is 0 Å². The molecule has 4 nitrogen and oxygen atoms in total. The third-order valence-corrected chi connectivity index (χ3v) is 5.25. The lowest BCUT2D eigenvalue weighted by Crippen LogP contribution is -2.47. The molecule has 1 aromatic rings. The highest BCUT2D eigenvalue weighted by atomic mass is 16.5. The number of hydrogen-bond donors (Lipinski definition) is 2. The molecule has 3 rings (SSSR count). The Labute approximate surface area is 132 Å². The van der Waals surface area contributed by atoms with E-state index in [2.05, 4.69) is 22.8 Å². The summed E-state index contributed by atoms with van der Waals surface area (Å²) < 4.78 is 5.16. The van der Waals surface area contributed by atoms with Crippen LogP contribution in [0.1, 0.15) is 36.8 Å². The zero-order chi connectivity index (χ0) is 15.4. The van der Waals surface area contributed by atoms with E-state index in [0.717, 1.165) is 30.6 Å². The van der Waals surface area contributed by atoms with Gasteiger partial charge in [0.1, 0.15) is 0 Å². The summed E-state index contributed by atoms with van der Waals surface area (Å²) in [5, 5.41) is 6.61. The van der Waals surface area contributed by atoms with Crippen LogP contribution in [0.2, 0.25) is 0 Å². The van der Waals surface area contributed by atoms with Crippen molar-refractivity contribution < 1.29 is 9.53 Å². The highest BCUT2D eigenvalue weighted by Crippen LogP contribution is 2.43. The highest BCUT2D eigenvalue weighted by molar-refractivity contribution is 5.83. The van der Waals surface area contributed by atoms with Crippen molar-refractivity contribution >= 4 is 5.91 Å². The van der Waals surface area contributed by atoms with E-state index in [1.54, 1.807) is 7.11 Å². The number of amides is 1. The Kier molecular flexibility index (Phi) is 4.79. The minimum atomic E-state index is -0.164. The number of benzene rings is 1. The SMILES string of the molecule is COCc1cccc(CNC(=O)[C@@]23CCCC[C@H]2CNC3)c1. The third kappa shape index (κ3) is 3.03. The maximum atomic E-state index is 12.8. The summed E-state index contributed by atoms with van der Waals surface area (Å²) in [5.74, 6) is 0.750. The zero-order valence-corrected chi connectivity index (χ0v) is 13.4. The van der Waals surface area contributed by atoms with Crippen molar-refractivity contribution in [2.75, 3.05) is 20.2 Å². The molecule has 1 amide bonds. The Morgan fingerprint density at radius 3 is 3.14 bits per heavy atom. The van der Waals surface area contributed by atoms with E-state index in [4.69, 9.17) is 4.74 Å². The number of carbonyl (C=O) groups is 1. The number of methoxy groups -OCH3 is 1. The number of nitrogens with one attached hydrogen (secondary N) is 2. The summed E-state index contributed by atoms with van der Waals surface area (Å²) in [7, 11) is 1.70. The van der Waals surface area contributed by atoms with Crippen LogP contribution >= 0.6 is 0 Å². The van der Waals surface area contributed by atoms with Gasteiger partial charge in [-0.25, -0.2) is 0 Å². The standard InChI is InChI=1S/C18H26N2O2/c1-22-12-15-6-4-5-14(9-15)10-20-17(21)18-8-3-2-7-16(18)11-19-13-18/h4-6,9,16,19H,2-3,7-8,10-13H2,1H3,(H,20,21)/t16-,18+/m0/s1. The maximum Gasteiger partial charge on any atom is 0.228 e. The number of rotatable bonds is 5. The summed E-state index contributed by atoms with van der Waals surface area (Å²) in [4.78, 5) is 12.8. The van der Waals surface area contributed by atoms with Gasteiger partial charge in [-0.2, -0.15) is 0 Å². The second-order valence-corrected chi connectivity index (χ2v) is 6.67. The monoisotopic (exact) mass is 302 g/mol. The van der Waals surface area contributed by atoms with Crippen LogP contribution in [0.3, 0.4) is 0 Å². The Bertz CT molecular complexity index is 532. The van der Waals surface area contributed by atoms with Crippen molar-refractivity contribution in [3.8, 4) is 0 Å². The summed E-state index contributed by atoms with van der Waals surface area (Å²) >= 11 is 0. The Morgan fingerprint density at radius 2 is 2.27 bits per heavy atom. The minimum absolute atomic E-state index is 0.164. The highest BCUT2D eigenvalue weighted by Gasteiger charge is 2.49. The van der Waals surface area contributed by atoms with Crippen molar-refractivity contribution in [1.29, 1.82) is 0 Å². The molecule has 1 saturated heterocycles. The van der Waals surface area contributed by atoms with Crippen molar-refractivity contribution in [2.24, 2.45) is 11.3 Å². The smallest absolute Gasteiger partial charge is 0.228 e. The largest absolute Gasteiger partial charge is 0.380 e. The summed E-state index contributed by atoms with van der Waals surface area (Å²) in [6.07, 6.45) is 4.65. The van der Waals surface area contributed by atoms with Gasteiger partial charge < -0.3 is 15.4 Å². The molecular weight excluding hydrogens is 276 g/mol. The van der Waals surface area contributed by atoms with Crippen molar-refractivity contribution in [1.82, 2.24) is 10.6 Å². The molecule has 4 heteroatoms. The van der Waals surface area contributed by atoms with Gasteiger partial charge in [-0.15, -0.1) is 0 Å². The molecular formula is C18H26N2O2. The van der Waals surface area contributed by atoms with Gasteiger partial charge in [-0.3, -0.25) is 4.79 Å². The molecule has 0 aromatic heterocycles. The van der Waals surface area contributed by atoms with E-state index in [1.807, 2.05) is 12.1 Å². The average molecular weight is 302 g/mol. The number of hydrogen-bond acceptors (Lipinski definition) is 3. The van der Waals surface area contributed by atoms with Crippen LogP contribution < -0.4 is 10.6 Å². The zero-order valence-electron chi connectivity index (χ0n) is 13.4. The van der Waals surface area contributed by atoms with Crippen LogP contribution in [0.15, 0.2) is 24.3 Å². The summed E-state index contributed by atoms with van der Waals surface area (Å²) in [6, 6.07) is 8.23. The fraction of sp³-hybridized carbons (Fsp3) is 0.611. The van der Waals surface area contributed by atoms with Gasteiger partial charge in [0, 0.05) is 20.2 Å². The Balaban J connectivity index is 1.63. The molecule has 2 aliphatic rings.